The molecule has 0 unspecified atom stereocenters. The lowest BCUT2D eigenvalue weighted by molar-refractivity contribution is 1.15. The summed E-state index contributed by atoms with van der Waals surface area (Å²) in [6, 6.07) is 4.02. The van der Waals surface area contributed by atoms with Crippen LogP contribution in [0.3, 0.4) is 0 Å². The van der Waals surface area contributed by atoms with Crippen LogP contribution in [-0.4, -0.2) is 9.38 Å². The molecule has 2 aromatic rings. The number of hydrogen-bond donors (Lipinski definition) is 1. The summed E-state index contributed by atoms with van der Waals surface area (Å²) in [6.45, 7) is 2.05. The molecule has 2 heterocycles. The highest BCUT2D eigenvalue weighted by Gasteiger charge is 1.95. The molecule has 2 aromatic heterocycles. The van der Waals surface area contributed by atoms with Gasteiger partial charge in [-0.1, -0.05) is 6.07 Å². The van der Waals surface area contributed by atoms with E-state index in [1.54, 1.807) is 0 Å². The van der Waals surface area contributed by atoms with Crippen molar-refractivity contribution in [2.45, 2.75) is 11.9 Å². The maximum absolute atomic E-state index is 4.18. The highest BCUT2D eigenvalue weighted by molar-refractivity contribution is 7.80. The van der Waals surface area contributed by atoms with Crippen LogP contribution in [0.5, 0.6) is 0 Å². The van der Waals surface area contributed by atoms with E-state index < -0.39 is 0 Å². The Hall–Kier alpha value is -0.960. The first kappa shape index (κ1) is 6.73. The molecular weight excluding hydrogens is 156 g/mol. The summed E-state index contributed by atoms with van der Waals surface area (Å²) in [5.74, 6) is 0. The fourth-order valence-corrected chi connectivity index (χ4v) is 1.32. The van der Waals surface area contributed by atoms with Crippen LogP contribution in [0.15, 0.2) is 29.6 Å². The monoisotopic (exact) mass is 164 g/mol. The Morgan fingerprint density at radius 2 is 2.18 bits per heavy atom. The van der Waals surface area contributed by atoms with E-state index in [1.165, 1.54) is 5.56 Å². The molecule has 0 spiro atoms. The molecule has 2 rings (SSSR count). The Morgan fingerprint density at radius 1 is 1.36 bits per heavy atom. The SMILES string of the molecule is Cc1ccc2nc(S)cn2c1. The van der Waals surface area contributed by atoms with E-state index in [0.717, 1.165) is 10.7 Å². The van der Waals surface area contributed by atoms with Gasteiger partial charge in [0.2, 0.25) is 0 Å². The maximum Gasteiger partial charge on any atom is 0.138 e. The number of thiol groups is 1. The number of hydrogen-bond acceptors (Lipinski definition) is 2. The molecule has 56 valence electrons. The third kappa shape index (κ3) is 1.12. The smallest absolute Gasteiger partial charge is 0.138 e. The van der Waals surface area contributed by atoms with Gasteiger partial charge in [0, 0.05) is 12.4 Å². The van der Waals surface area contributed by atoms with Gasteiger partial charge in [0.05, 0.1) is 0 Å². The minimum Gasteiger partial charge on any atom is -0.306 e. The molecule has 0 atom stereocenters. The van der Waals surface area contributed by atoms with Crippen molar-refractivity contribution in [3.05, 3.63) is 30.1 Å². The first-order valence-corrected chi connectivity index (χ1v) is 3.85. The van der Waals surface area contributed by atoms with Gasteiger partial charge >= 0.3 is 0 Å². The van der Waals surface area contributed by atoms with Gasteiger partial charge in [-0.3, -0.25) is 0 Å². The Bertz CT molecular complexity index is 392. The van der Waals surface area contributed by atoms with Crippen molar-refractivity contribution in [3.8, 4) is 0 Å². The fourth-order valence-electron chi connectivity index (χ4n) is 1.09. The highest BCUT2D eigenvalue weighted by atomic mass is 32.1. The normalized spacial score (nSPS) is 10.7. The van der Waals surface area contributed by atoms with Crippen LogP contribution in [0.1, 0.15) is 5.56 Å². The highest BCUT2D eigenvalue weighted by Crippen LogP contribution is 2.08. The Balaban J connectivity index is 2.82. The molecule has 0 aliphatic carbocycles. The molecule has 0 aromatic carbocycles. The van der Waals surface area contributed by atoms with Crippen molar-refractivity contribution in [2.24, 2.45) is 0 Å². The topological polar surface area (TPSA) is 17.3 Å². The van der Waals surface area contributed by atoms with E-state index >= 15 is 0 Å². The van der Waals surface area contributed by atoms with E-state index in [2.05, 4.69) is 24.5 Å². The van der Waals surface area contributed by atoms with E-state index in [4.69, 9.17) is 0 Å². The average Bonchev–Trinajstić information content (AvgIpc) is 2.27. The minimum absolute atomic E-state index is 0.760. The molecule has 0 aliphatic heterocycles. The minimum atomic E-state index is 0.760. The third-order valence-electron chi connectivity index (χ3n) is 1.59. The van der Waals surface area contributed by atoms with Gasteiger partial charge in [0.1, 0.15) is 10.7 Å². The number of rotatable bonds is 0. The van der Waals surface area contributed by atoms with E-state index in [9.17, 15) is 0 Å². The predicted molar refractivity (Wildman–Crippen MR) is 47.2 cm³/mol. The Kier molecular flexibility index (Phi) is 1.39. The van der Waals surface area contributed by atoms with Gasteiger partial charge < -0.3 is 4.40 Å². The number of aryl methyl sites for hydroxylation is 1. The standard InChI is InChI=1S/C8H8N2S/c1-6-2-3-7-9-8(11)5-10(7)4-6/h2-5,11H,1H3. The third-order valence-corrected chi connectivity index (χ3v) is 1.80. The quantitative estimate of drug-likeness (QED) is 0.589. The lowest BCUT2D eigenvalue weighted by Gasteiger charge is -1.92. The maximum atomic E-state index is 4.18. The second kappa shape index (κ2) is 2.27. The van der Waals surface area contributed by atoms with E-state index in [-0.39, 0.29) is 0 Å². The number of fused-ring (bicyclic) bond motifs is 1. The Labute approximate surface area is 70.3 Å². The van der Waals surface area contributed by atoms with Crippen molar-refractivity contribution in [1.82, 2.24) is 9.38 Å². The van der Waals surface area contributed by atoms with Crippen molar-refractivity contribution in [3.63, 3.8) is 0 Å². The van der Waals surface area contributed by atoms with Crippen LogP contribution in [0.2, 0.25) is 0 Å². The van der Waals surface area contributed by atoms with Crippen LogP contribution >= 0.6 is 12.6 Å². The zero-order chi connectivity index (χ0) is 7.84. The molecule has 0 fully saturated rings. The lowest BCUT2D eigenvalue weighted by atomic mass is 10.3. The number of aromatic nitrogens is 2. The molecule has 3 heteroatoms. The van der Waals surface area contributed by atoms with Crippen molar-refractivity contribution >= 4 is 18.3 Å². The van der Waals surface area contributed by atoms with Crippen LogP contribution in [0, 0.1) is 6.92 Å². The molecule has 0 saturated carbocycles. The second-order valence-corrected chi connectivity index (χ2v) is 3.03. The molecule has 0 amide bonds. The van der Waals surface area contributed by atoms with E-state index in [0.29, 0.717) is 0 Å². The van der Waals surface area contributed by atoms with Crippen LogP contribution in [0.25, 0.3) is 5.65 Å². The van der Waals surface area contributed by atoms with Crippen molar-refractivity contribution in [1.29, 1.82) is 0 Å². The summed E-state index contributed by atoms with van der Waals surface area (Å²) in [5, 5.41) is 0.760. The first-order valence-electron chi connectivity index (χ1n) is 3.40. The van der Waals surface area contributed by atoms with Crippen LogP contribution < -0.4 is 0 Å². The Morgan fingerprint density at radius 3 is 3.00 bits per heavy atom. The number of imidazole rings is 1. The summed E-state index contributed by atoms with van der Waals surface area (Å²) in [7, 11) is 0. The zero-order valence-electron chi connectivity index (χ0n) is 6.15. The zero-order valence-corrected chi connectivity index (χ0v) is 7.05. The second-order valence-electron chi connectivity index (χ2n) is 2.57. The average molecular weight is 164 g/mol. The summed E-state index contributed by atoms with van der Waals surface area (Å²) in [5.41, 5.74) is 2.17. The predicted octanol–water partition coefficient (Wildman–Crippen LogP) is 1.93. The van der Waals surface area contributed by atoms with Crippen LogP contribution in [-0.2, 0) is 0 Å². The van der Waals surface area contributed by atoms with Gasteiger partial charge in [0.15, 0.2) is 0 Å². The summed E-state index contributed by atoms with van der Waals surface area (Å²) in [4.78, 5) is 4.18. The van der Waals surface area contributed by atoms with Gasteiger partial charge in [-0.05, 0) is 18.6 Å². The fraction of sp³-hybridized carbons (Fsp3) is 0.125. The number of pyridine rings is 1. The van der Waals surface area contributed by atoms with Gasteiger partial charge in [0.25, 0.3) is 0 Å². The summed E-state index contributed by atoms with van der Waals surface area (Å²) in [6.07, 6.45) is 3.92. The lowest BCUT2D eigenvalue weighted by Crippen LogP contribution is -1.82. The summed E-state index contributed by atoms with van der Waals surface area (Å²) >= 11 is 4.15. The van der Waals surface area contributed by atoms with Crippen molar-refractivity contribution in [2.75, 3.05) is 0 Å². The number of nitrogens with zero attached hydrogens (tertiary/aromatic N) is 2. The van der Waals surface area contributed by atoms with Gasteiger partial charge in [-0.15, -0.1) is 12.6 Å². The molecular formula is C8H8N2S. The molecule has 0 radical (unpaired) electrons. The molecule has 11 heavy (non-hydrogen) atoms. The molecule has 2 nitrogen and oxygen atoms in total. The van der Waals surface area contributed by atoms with Gasteiger partial charge in [-0.25, -0.2) is 4.98 Å². The largest absolute Gasteiger partial charge is 0.306 e. The molecule has 0 N–H and O–H groups in total. The molecule has 0 bridgehead atoms. The summed E-state index contributed by atoms with van der Waals surface area (Å²) < 4.78 is 1.97. The molecule has 0 aliphatic rings. The molecule has 0 saturated heterocycles. The van der Waals surface area contributed by atoms with E-state index in [1.807, 2.05) is 28.9 Å². The first-order chi connectivity index (χ1) is 5.25. The van der Waals surface area contributed by atoms with Crippen molar-refractivity contribution < 1.29 is 0 Å². The van der Waals surface area contributed by atoms with Gasteiger partial charge in [-0.2, -0.15) is 0 Å². The van der Waals surface area contributed by atoms with Crippen LogP contribution in [0.4, 0.5) is 0 Å².